The van der Waals surface area contributed by atoms with Crippen molar-refractivity contribution >= 4 is 27.6 Å². The Balaban J connectivity index is 2.08. The van der Waals surface area contributed by atoms with Crippen LogP contribution in [0.5, 0.6) is 0 Å². The molecule has 2 aromatic rings. The summed E-state index contributed by atoms with van der Waals surface area (Å²) >= 11 is 3.33. The van der Waals surface area contributed by atoms with Crippen LogP contribution < -0.4 is 5.73 Å². The quantitative estimate of drug-likeness (QED) is 0.676. The molecule has 21 heavy (non-hydrogen) atoms. The highest BCUT2D eigenvalue weighted by atomic mass is 79.9. The molecule has 2 rings (SSSR count). The maximum Gasteiger partial charge on any atom is 0.338 e. The van der Waals surface area contributed by atoms with Crippen LogP contribution in [0.3, 0.4) is 0 Å². The Morgan fingerprint density at radius 1 is 1.48 bits per heavy atom. The first-order valence-corrected chi connectivity index (χ1v) is 7.44. The molecule has 0 aliphatic rings. The number of esters is 1. The molecular formula is C15H18BrN3O2. The van der Waals surface area contributed by atoms with Crippen molar-refractivity contribution in [2.75, 3.05) is 5.73 Å². The number of aromatic nitrogens is 2. The van der Waals surface area contributed by atoms with Crippen LogP contribution >= 0.6 is 15.9 Å². The summed E-state index contributed by atoms with van der Waals surface area (Å²) in [5, 5.41) is 4.34. The van der Waals surface area contributed by atoms with Crippen molar-refractivity contribution in [1.82, 2.24) is 9.78 Å². The lowest BCUT2D eigenvalue weighted by molar-refractivity contribution is 0.0466. The summed E-state index contributed by atoms with van der Waals surface area (Å²) in [5.74, 6) is -0.403. The van der Waals surface area contributed by atoms with Gasteiger partial charge in [0.25, 0.3) is 0 Å². The van der Waals surface area contributed by atoms with E-state index in [9.17, 15) is 4.79 Å². The number of nitrogens with two attached hydrogens (primary N) is 1. The first-order valence-electron chi connectivity index (χ1n) is 6.65. The molecule has 0 amide bonds. The maximum absolute atomic E-state index is 12.2. The molecule has 6 heteroatoms. The van der Waals surface area contributed by atoms with Gasteiger partial charge in [-0.15, -0.1) is 0 Å². The van der Waals surface area contributed by atoms with Gasteiger partial charge in [0.15, 0.2) is 0 Å². The van der Waals surface area contributed by atoms with Gasteiger partial charge in [0.05, 0.1) is 11.3 Å². The number of rotatable bonds is 4. The third-order valence-corrected chi connectivity index (χ3v) is 3.63. The van der Waals surface area contributed by atoms with Crippen molar-refractivity contribution in [2.24, 2.45) is 0 Å². The van der Waals surface area contributed by atoms with Gasteiger partial charge in [0, 0.05) is 22.4 Å². The Morgan fingerprint density at radius 3 is 2.81 bits per heavy atom. The third kappa shape index (κ3) is 3.64. The average Bonchev–Trinajstić information content (AvgIpc) is 2.89. The molecule has 0 spiro atoms. The number of carbonyl (C=O) groups excluding carboxylic acids is 1. The normalized spacial score (nSPS) is 10.9. The van der Waals surface area contributed by atoms with Crippen molar-refractivity contribution in [2.45, 2.75) is 33.4 Å². The van der Waals surface area contributed by atoms with Crippen LogP contribution in [0.15, 0.2) is 28.9 Å². The molecule has 0 atom stereocenters. The van der Waals surface area contributed by atoms with E-state index in [1.165, 1.54) is 0 Å². The standard InChI is InChI=1S/C15H18BrN3O2/c1-9(2)19-5-4-12(18-19)8-21-15(20)13-6-11(16)7-14(17)10(13)3/h4-7,9H,8,17H2,1-3H3. The molecule has 1 aromatic carbocycles. The first kappa shape index (κ1) is 15.6. The Kier molecular flexibility index (Phi) is 4.67. The summed E-state index contributed by atoms with van der Waals surface area (Å²) < 4.78 is 7.88. The predicted molar refractivity (Wildman–Crippen MR) is 85.0 cm³/mol. The van der Waals surface area contributed by atoms with Gasteiger partial charge in [-0.1, -0.05) is 15.9 Å². The topological polar surface area (TPSA) is 70.1 Å². The van der Waals surface area contributed by atoms with Crippen LogP contribution in [-0.2, 0) is 11.3 Å². The molecule has 0 aliphatic carbocycles. The number of nitrogens with zero attached hydrogens (tertiary/aromatic N) is 2. The fraction of sp³-hybridized carbons (Fsp3) is 0.333. The lowest BCUT2D eigenvalue weighted by Gasteiger charge is -2.09. The van der Waals surface area contributed by atoms with Gasteiger partial charge in [-0.2, -0.15) is 5.10 Å². The number of anilines is 1. The number of carbonyl (C=O) groups is 1. The molecule has 5 nitrogen and oxygen atoms in total. The number of hydrogen-bond acceptors (Lipinski definition) is 4. The number of halogens is 1. The molecule has 0 fully saturated rings. The van der Waals surface area contributed by atoms with E-state index in [1.807, 2.05) is 30.8 Å². The second-order valence-corrected chi connectivity index (χ2v) is 6.04. The number of benzene rings is 1. The molecule has 0 aliphatic heterocycles. The third-order valence-electron chi connectivity index (χ3n) is 3.18. The summed E-state index contributed by atoms with van der Waals surface area (Å²) in [7, 11) is 0. The fourth-order valence-corrected chi connectivity index (χ4v) is 2.35. The van der Waals surface area contributed by atoms with E-state index >= 15 is 0 Å². The van der Waals surface area contributed by atoms with Crippen LogP contribution in [0.25, 0.3) is 0 Å². The molecule has 1 aromatic heterocycles. The van der Waals surface area contributed by atoms with Crippen molar-refractivity contribution in [3.05, 3.63) is 45.7 Å². The first-order chi connectivity index (χ1) is 9.88. The van der Waals surface area contributed by atoms with E-state index in [4.69, 9.17) is 10.5 Å². The Hall–Kier alpha value is -1.82. The summed E-state index contributed by atoms with van der Waals surface area (Å²) in [5.41, 5.74) is 8.31. The number of hydrogen-bond donors (Lipinski definition) is 1. The van der Waals surface area contributed by atoms with Crippen molar-refractivity contribution < 1.29 is 9.53 Å². The maximum atomic E-state index is 12.2. The lowest BCUT2D eigenvalue weighted by Crippen LogP contribution is -2.09. The molecule has 2 N–H and O–H groups in total. The molecule has 0 saturated carbocycles. The van der Waals surface area contributed by atoms with Gasteiger partial charge in [-0.25, -0.2) is 4.79 Å². The van der Waals surface area contributed by atoms with E-state index in [1.54, 1.807) is 19.1 Å². The minimum absolute atomic E-state index is 0.143. The molecule has 0 bridgehead atoms. The summed E-state index contributed by atoms with van der Waals surface area (Å²) in [4.78, 5) is 12.2. The van der Waals surface area contributed by atoms with Crippen LogP contribution in [0.1, 0.15) is 41.5 Å². The van der Waals surface area contributed by atoms with Gasteiger partial charge in [0.1, 0.15) is 6.61 Å². The van der Waals surface area contributed by atoms with Crippen LogP contribution in [0.4, 0.5) is 5.69 Å². The van der Waals surface area contributed by atoms with Gasteiger partial charge in [-0.3, -0.25) is 4.68 Å². The van der Waals surface area contributed by atoms with Gasteiger partial charge in [0.2, 0.25) is 0 Å². The summed E-state index contributed by atoms with van der Waals surface area (Å²) in [6, 6.07) is 5.59. The minimum atomic E-state index is -0.403. The van der Waals surface area contributed by atoms with Gasteiger partial charge >= 0.3 is 5.97 Å². The molecule has 1 heterocycles. The highest BCUT2D eigenvalue weighted by molar-refractivity contribution is 9.10. The zero-order chi connectivity index (χ0) is 15.6. The van der Waals surface area contributed by atoms with E-state index in [2.05, 4.69) is 21.0 Å². The second kappa shape index (κ2) is 6.30. The number of nitrogen functional groups attached to an aromatic ring is 1. The fourth-order valence-electron chi connectivity index (χ4n) is 1.87. The van der Waals surface area contributed by atoms with Gasteiger partial charge in [-0.05, 0) is 44.5 Å². The zero-order valence-corrected chi connectivity index (χ0v) is 13.8. The largest absolute Gasteiger partial charge is 0.455 e. The van der Waals surface area contributed by atoms with E-state index < -0.39 is 5.97 Å². The average molecular weight is 352 g/mol. The zero-order valence-electron chi connectivity index (χ0n) is 12.3. The molecule has 0 saturated heterocycles. The number of ether oxygens (including phenoxy) is 1. The minimum Gasteiger partial charge on any atom is -0.455 e. The van der Waals surface area contributed by atoms with Crippen LogP contribution in [0, 0.1) is 6.92 Å². The Morgan fingerprint density at radius 2 is 2.19 bits per heavy atom. The van der Waals surface area contributed by atoms with Crippen LogP contribution in [0.2, 0.25) is 0 Å². The lowest BCUT2D eigenvalue weighted by atomic mass is 10.1. The van der Waals surface area contributed by atoms with E-state index in [-0.39, 0.29) is 12.6 Å². The van der Waals surface area contributed by atoms with Crippen LogP contribution in [-0.4, -0.2) is 15.7 Å². The van der Waals surface area contributed by atoms with E-state index in [0.29, 0.717) is 11.3 Å². The summed E-state index contributed by atoms with van der Waals surface area (Å²) in [6.45, 7) is 6.02. The highest BCUT2D eigenvalue weighted by Gasteiger charge is 2.14. The predicted octanol–water partition coefficient (Wildman–Crippen LogP) is 3.47. The Labute approximate surface area is 132 Å². The molecule has 0 unspecified atom stereocenters. The SMILES string of the molecule is Cc1c(N)cc(Br)cc1C(=O)OCc1ccn(C(C)C)n1. The summed E-state index contributed by atoms with van der Waals surface area (Å²) in [6.07, 6.45) is 1.87. The van der Waals surface area contributed by atoms with E-state index in [0.717, 1.165) is 15.7 Å². The second-order valence-electron chi connectivity index (χ2n) is 5.12. The molecule has 112 valence electrons. The van der Waals surface area contributed by atoms with Gasteiger partial charge < -0.3 is 10.5 Å². The highest BCUT2D eigenvalue weighted by Crippen LogP contribution is 2.23. The smallest absolute Gasteiger partial charge is 0.338 e. The Bertz CT molecular complexity index is 665. The molecule has 0 radical (unpaired) electrons. The molecular weight excluding hydrogens is 334 g/mol. The van der Waals surface area contributed by atoms with Crippen molar-refractivity contribution in [3.63, 3.8) is 0 Å². The van der Waals surface area contributed by atoms with Crippen molar-refractivity contribution in [3.8, 4) is 0 Å². The monoisotopic (exact) mass is 351 g/mol. The van der Waals surface area contributed by atoms with Crippen molar-refractivity contribution in [1.29, 1.82) is 0 Å².